The normalized spacial score (nSPS) is 17.7. The van der Waals surface area contributed by atoms with Gasteiger partial charge in [-0.05, 0) is 44.5 Å². The van der Waals surface area contributed by atoms with E-state index < -0.39 is 0 Å². The molecule has 1 unspecified atom stereocenters. The number of hydrogen-bond donors (Lipinski definition) is 0. The Kier molecular flexibility index (Phi) is 6.08. The summed E-state index contributed by atoms with van der Waals surface area (Å²) in [4.78, 5) is 2.52. The lowest BCUT2D eigenvalue weighted by Crippen LogP contribution is -2.28. The Morgan fingerprint density at radius 3 is 2.67 bits per heavy atom. The molecule has 0 N–H and O–H groups in total. The molecule has 4 rings (SSSR count). The van der Waals surface area contributed by atoms with Crippen LogP contribution < -0.4 is 9.47 Å². The van der Waals surface area contributed by atoms with Gasteiger partial charge in [0, 0.05) is 37.0 Å². The van der Waals surface area contributed by atoms with Crippen LogP contribution in [0.25, 0.3) is 11.3 Å². The van der Waals surface area contributed by atoms with Crippen LogP contribution in [0.1, 0.15) is 48.7 Å². The summed E-state index contributed by atoms with van der Waals surface area (Å²) in [6.07, 6.45) is 6.85. The monoisotopic (exact) mass is 410 g/mol. The fourth-order valence-electron chi connectivity index (χ4n) is 4.29. The fourth-order valence-corrected chi connectivity index (χ4v) is 4.29. The number of benzene rings is 1. The maximum atomic E-state index is 5.75. The Balaban J connectivity index is 1.60. The third-order valence-electron chi connectivity index (χ3n) is 5.89. The van der Waals surface area contributed by atoms with Gasteiger partial charge in [0.15, 0.2) is 17.3 Å². The number of ether oxygens (including phenoxy) is 2. The van der Waals surface area contributed by atoms with Crippen LogP contribution in [-0.2, 0) is 13.6 Å². The number of nitrogens with zero attached hydrogens (tertiary/aromatic N) is 4. The van der Waals surface area contributed by atoms with Crippen molar-refractivity contribution >= 4 is 0 Å². The van der Waals surface area contributed by atoms with E-state index in [9.17, 15) is 0 Å². The summed E-state index contributed by atoms with van der Waals surface area (Å²) in [6.45, 7) is 4.01. The smallest absolute Gasteiger partial charge is 0.167 e. The summed E-state index contributed by atoms with van der Waals surface area (Å²) in [5.41, 5.74) is 4.28. The lowest BCUT2D eigenvalue weighted by molar-refractivity contribution is 0.183. The van der Waals surface area contributed by atoms with Crippen molar-refractivity contribution in [2.75, 3.05) is 20.8 Å². The van der Waals surface area contributed by atoms with E-state index in [0.717, 1.165) is 42.2 Å². The second-order valence-electron chi connectivity index (χ2n) is 7.93. The molecule has 1 aliphatic heterocycles. The van der Waals surface area contributed by atoms with E-state index in [0.29, 0.717) is 11.5 Å². The SMILES string of the molecule is COc1ccc(-c2cc(C3CCCCCN3Cc3cn(C)nc3C)no2)cc1OC. The minimum absolute atomic E-state index is 0.241. The van der Waals surface area contributed by atoms with Crippen LogP contribution >= 0.6 is 0 Å². The summed E-state index contributed by atoms with van der Waals surface area (Å²) in [7, 11) is 5.25. The minimum atomic E-state index is 0.241. The second-order valence-corrected chi connectivity index (χ2v) is 7.93. The van der Waals surface area contributed by atoms with Crippen LogP contribution in [0.5, 0.6) is 11.5 Å². The largest absolute Gasteiger partial charge is 0.493 e. The number of rotatable bonds is 6. The van der Waals surface area contributed by atoms with E-state index in [2.05, 4.69) is 34.3 Å². The first-order chi connectivity index (χ1) is 14.6. The molecule has 0 radical (unpaired) electrons. The van der Waals surface area contributed by atoms with Crippen LogP contribution in [0.3, 0.4) is 0 Å². The van der Waals surface area contributed by atoms with E-state index in [1.165, 1.54) is 24.8 Å². The van der Waals surface area contributed by atoms with E-state index in [4.69, 9.17) is 14.0 Å². The molecule has 1 fully saturated rings. The molecule has 0 aliphatic carbocycles. The number of methoxy groups -OCH3 is 2. The van der Waals surface area contributed by atoms with Gasteiger partial charge < -0.3 is 14.0 Å². The predicted molar refractivity (Wildman–Crippen MR) is 115 cm³/mol. The van der Waals surface area contributed by atoms with Gasteiger partial charge in [-0.15, -0.1) is 0 Å². The highest BCUT2D eigenvalue weighted by Crippen LogP contribution is 2.36. The second kappa shape index (κ2) is 8.92. The van der Waals surface area contributed by atoms with Gasteiger partial charge in [0.2, 0.25) is 0 Å². The first-order valence-electron chi connectivity index (χ1n) is 10.5. The molecule has 0 saturated carbocycles. The highest BCUT2D eigenvalue weighted by molar-refractivity contribution is 5.62. The summed E-state index contributed by atoms with van der Waals surface area (Å²) in [5, 5.41) is 8.97. The number of aryl methyl sites for hydroxylation is 2. The van der Waals surface area contributed by atoms with E-state index in [-0.39, 0.29) is 6.04 Å². The molecule has 1 aromatic carbocycles. The molecule has 1 saturated heterocycles. The van der Waals surface area contributed by atoms with Crippen LogP contribution in [0.15, 0.2) is 35.0 Å². The van der Waals surface area contributed by atoms with Gasteiger partial charge >= 0.3 is 0 Å². The van der Waals surface area contributed by atoms with Crippen molar-refractivity contribution < 1.29 is 14.0 Å². The van der Waals surface area contributed by atoms with Crippen molar-refractivity contribution in [2.45, 2.75) is 45.2 Å². The van der Waals surface area contributed by atoms with Gasteiger partial charge in [-0.2, -0.15) is 5.10 Å². The summed E-state index contributed by atoms with van der Waals surface area (Å²) >= 11 is 0. The Labute approximate surface area is 177 Å². The first-order valence-corrected chi connectivity index (χ1v) is 10.5. The average molecular weight is 411 g/mol. The molecule has 160 valence electrons. The molecule has 0 amide bonds. The molecule has 3 aromatic rings. The van der Waals surface area contributed by atoms with Gasteiger partial charge in [-0.1, -0.05) is 18.0 Å². The van der Waals surface area contributed by atoms with E-state index in [1.54, 1.807) is 14.2 Å². The molecule has 30 heavy (non-hydrogen) atoms. The van der Waals surface area contributed by atoms with Gasteiger partial charge in [-0.3, -0.25) is 9.58 Å². The number of likely N-dealkylation sites (tertiary alicyclic amines) is 1. The average Bonchev–Trinajstić information content (AvgIpc) is 3.28. The number of aromatic nitrogens is 3. The van der Waals surface area contributed by atoms with Gasteiger partial charge in [0.1, 0.15) is 5.69 Å². The first kappa shape index (κ1) is 20.5. The van der Waals surface area contributed by atoms with Crippen molar-refractivity contribution in [3.8, 4) is 22.8 Å². The Bertz CT molecular complexity index is 994. The molecular formula is C23H30N4O3. The molecule has 1 atom stereocenters. The molecule has 1 aliphatic rings. The summed E-state index contributed by atoms with van der Waals surface area (Å²) in [6, 6.07) is 8.09. The van der Waals surface area contributed by atoms with Crippen molar-refractivity contribution in [2.24, 2.45) is 7.05 Å². The molecule has 7 nitrogen and oxygen atoms in total. The zero-order valence-corrected chi connectivity index (χ0v) is 18.2. The van der Waals surface area contributed by atoms with Crippen molar-refractivity contribution in [3.63, 3.8) is 0 Å². The lowest BCUT2D eigenvalue weighted by atomic mass is 10.0. The zero-order chi connectivity index (χ0) is 21.1. The zero-order valence-electron chi connectivity index (χ0n) is 18.2. The van der Waals surface area contributed by atoms with Crippen molar-refractivity contribution in [1.82, 2.24) is 19.8 Å². The quantitative estimate of drug-likeness (QED) is 0.595. The van der Waals surface area contributed by atoms with Crippen LogP contribution in [0, 0.1) is 6.92 Å². The standard InChI is InChI=1S/C23H30N4O3/c1-16-18(14-26(2)24-16)15-27-11-7-5-6-8-20(27)19-13-22(30-25-19)17-9-10-21(28-3)23(12-17)29-4/h9-10,12-14,20H,5-8,11,15H2,1-4H3. The van der Waals surface area contributed by atoms with E-state index >= 15 is 0 Å². The molecule has 3 heterocycles. The topological polar surface area (TPSA) is 65.5 Å². The molecule has 0 bridgehead atoms. The third kappa shape index (κ3) is 4.21. The van der Waals surface area contributed by atoms with Gasteiger partial charge in [0.05, 0.1) is 26.0 Å². The molecule has 2 aromatic heterocycles. The van der Waals surface area contributed by atoms with Gasteiger partial charge in [-0.25, -0.2) is 0 Å². The highest BCUT2D eigenvalue weighted by Gasteiger charge is 2.27. The molecule has 7 heteroatoms. The van der Waals surface area contributed by atoms with Crippen LogP contribution in [0.4, 0.5) is 0 Å². The lowest BCUT2D eigenvalue weighted by Gasteiger charge is -2.28. The Morgan fingerprint density at radius 1 is 1.10 bits per heavy atom. The van der Waals surface area contributed by atoms with Crippen molar-refractivity contribution in [1.29, 1.82) is 0 Å². The predicted octanol–water partition coefficient (Wildman–Crippen LogP) is 4.52. The third-order valence-corrected chi connectivity index (χ3v) is 5.89. The number of hydrogen-bond acceptors (Lipinski definition) is 6. The van der Waals surface area contributed by atoms with E-state index in [1.807, 2.05) is 29.9 Å². The highest BCUT2D eigenvalue weighted by atomic mass is 16.5. The van der Waals surface area contributed by atoms with Crippen LogP contribution in [0.2, 0.25) is 0 Å². The Morgan fingerprint density at radius 2 is 1.93 bits per heavy atom. The van der Waals surface area contributed by atoms with Gasteiger partial charge in [0.25, 0.3) is 0 Å². The van der Waals surface area contributed by atoms with Crippen molar-refractivity contribution in [3.05, 3.63) is 47.4 Å². The maximum absolute atomic E-state index is 5.75. The minimum Gasteiger partial charge on any atom is -0.493 e. The summed E-state index contributed by atoms with van der Waals surface area (Å²) < 4.78 is 18.4. The Hall–Kier alpha value is -2.80. The molecule has 0 spiro atoms. The molecular weight excluding hydrogens is 380 g/mol. The van der Waals surface area contributed by atoms with Crippen LogP contribution in [-0.4, -0.2) is 40.6 Å². The fraction of sp³-hybridized carbons (Fsp3) is 0.478. The maximum Gasteiger partial charge on any atom is 0.167 e. The summed E-state index contributed by atoms with van der Waals surface area (Å²) in [5.74, 6) is 2.12.